The van der Waals surface area contributed by atoms with E-state index in [4.69, 9.17) is 9.15 Å². The van der Waals surface area contributed by atoms with Crippen molar-refractivity contribution in [3.05, 3.63) is 90.0 Å². The highest BCUT2D eigenvalue weighted by atomic mass is 16.5. The summed E-state index contributed by atoms with van der Waals surface area (Å²) in [4.78, 5) is 5.36. The van der Waals surface area contributed by atoms with E-state index in [0.717, 1.165) is 53.7 Å². The van der Waals surface area contributed by atoms with Gasteiger partial charge < -0.3 is 14.1 Å². The molecule has 3 aromatic carbocycles. The molecule has 0 amide bonds. The van der Waals surface area contributed by atoms with Gasteiger partial charge in [0.25, 0.3) is 0 Å². The van der Waals surface area contributed by atoms with Gasteiger partial charge in [0.15, 0.2) is 0 Å². The van der Waals surface area contributed by atoms with E-state index in [1.165, 1.54) is 56.3 Å². The van der Waals surface area contributed by atoms with Crippen molar-refractivity contribution in [1.29, 1.82) is 0 Å². The third kappa shape index (κ3) is 5.21. The smallest absolute Gasteiger partial charge is 0.135 e. The first-order chi connectivity index (χ1) is 17.8. The van der Waals surface area contributed by atoms with Crippen molar-refractivity contribution in [2.45, 2.75) is 51.3 Å². The molecule has 3 heterocycles. The fourth-order valence-corrected chi connectivity index (χ4v) is 5.88. The van der Waals surface area contributed by atoms with Crippen molar-refractivity contribution in [1.82, 2.24) is 9.80 Å². The predicted molar refractivity (Wildman–Crippen MR) is 146 cm³/mol. The van der Waals surface area contributed by atoms with Crippen molar-refractivity contribution in [3.63, 3.8) is 0 Å². The zero-order valence-corrected chi connectivity index (χ0v) is 21.1. The molecule has 36 heavy (non-hydrogen) atoms. The number of piperidine rings is 2. The van der Waals surface area contributed by atoms with Gasteiger partial charge in [-0.05, 0) is 75.6 Å². The highest BCUT2D eigenvalue weighted by Gasteiger charge is 2.26. The van der Waals surface area contributed by atoms with Crippen molar-refractivity contribution in [2.24, 2.45) is 0 Å². The number of rotatable bonds is 7. The molecule has 0 spiro atoms. The van der Waals surface area contributed by atoms with E-state index in [2.05, 4.69) is 76.5 Å². The van der Waals surface area contributed by atoms with Crippen LogP contribution in [0.1, 0.15) is 43.2 Å². The maximum Gasteiger partial charge on any atom is 0.135 e. The molecule has 2 aliphatic heterocycles. The molecule has 186 valence electrons. The molecule has 0 unspecified atom stereocenters. The molecule has 4 aromatic rings. The zero-order chi connectivity index (χ0) is 24.2. The molecule has 0 N–H and O–H groups in total. The Hall–Kier alpha value is -3.08. The van der Waals surface area contributed by atoms with E-state index in [1.54, 1.807) is 0 Å². The topological polar surface area (TPSA) is 28.9 Å². The summed E-state index contributed by atoms with van der Waals surface area (Å²) in [5, 5.41) is 1.16. The van der Waals surface area contributed by atoms with Gasteiger partial charge >= 0.3 is 0 Å². The van der Waals surface area contributed by atoms with Crippen LogP contribution in [-0.4, -0.2) is 42.0 Å². The minimum absolute atomic E-state index is 0.569. The summed E-state index contributed by atoms with van der Waals surface area (Å²) in [6.07, 6.45) is 6.66. The first-order valence-electron chi connectivity index (χ1n) is 13.6. The minimum atomic E-state index is 0.569. The van der Waals surface area contributed by atoms with E-state index in [1.807, 2.05) is 12.1 Å². The third-order valence-corrected chi connectivity index (χ3v) is 7.91. The number of fused-ring (bicyclic) bond motifs is 1. The van der Waals surface area contributed by atoms with Crippen molar-refractivity contribution in [2.75, 3.05) is 26.2 Å². The Kier molecular flexibility index (Phi) is 7.06. The monoisotopic (exact) mass is 480 g/mol. The van der Waals surface area contributed by atoms with Crippen LogP contribution in [0.25, 0.3) is 22.3 Å². The summed E-state index contributed by atoms with van der Waals surface area (Å²) in [6.45, 7) is 6.32. The lowest BCUT2D eigenvalue weighted by Gasteiger charge is -2.40. The highest BCUT2D eigenvalue weighted by Crippen LogP contribution is 2.36. The average molecular weight is 481 g/mol. The summed E-state index contributed by atoms with van der Waals surface area (Å²) in [5.41, 5.74) is 4.46. The van der Waals surface area contributed by atoms with Crippen LogP contribution in [0.4, 0.5) is 0 Å². The SMILES string of the molecule is c1ccc(COc2ccc3oc(-c4ccccc4)cc3c2CN2CCC(N3CCCCC3)CC2)cc1. The van der Waals surface area contributed by atoms with E-state index >= 15 is 0 Å². The van der Waals surface area contributed by atoms with E-state index in [0.29, 0.717) is 6.61 Å². The Balaban J connectivity index is 1.25. The maximum atomic E-state index is 6.43. The fraction of sp³-hybridized carbons (Fsp3) is 0.375. The Morgan fingerprint density at radius 2 is 1.50 bits per heavy atom. The number of benzene rings is 3. The summed E-state index contributed by atoms with van der Waals surface area (Å²) >= 11 is 0. The summed E-state index contributed by atoms with van der Waals surface area (Å²) in [7, 11) is 0. The highest BCUT2D eigenvalue weighted by molar-refractivity contribution is 5.87. The van der Waals surface area contributed by atoms with Gasteiger partial charge in [0, 0.05) is 29.1 Å². The van der Waals surface area contributed by atoms with Gasteiger partial charge in [0.05, 0.1) is 0 Å². The Labute approximate surface area is 214 Å². The van der Waals surface area contributed by atoms with Crippen LogP contribution in [0.2, 0.25) is 0 Å². The van der Waals surface area contributed by atoms with Gasteiger partial charge in [0.2, 0.25) is 0 Å². The normalized spacial score (nSPS) is 18.0. The molecule has 0 radical (unpaired) electrons. The Bertz CT molecular complexity index is 1250. The largest absolute Gasteiger partial charge is 0.489 e. The predicted octanol–water partition coefficient (Wildman–Crippen LogP) is 7.13. The van der Waals surface area contributed by atoms with Gasteiger partial charge in [-0.25, -0.2) is 0 Å². The number of nitrogens with zero attached hydrogens (tertiary/aromatic N) is 2. The van der Waals surface area contributed by atoms with E-state index in [-0.39, 0.29) is 0 Å². The second kappa shape index (κ2) is 10.9. The lowest BCUT2D eigenvalue weighted by Crippen LogP contribution is -2.46. The average Bonchev–Trinajstić information content (AvgIpc) is 3.40. The molecule has 0 saturated carbocycles. The lowest BCUT2D eigenvalue weighted by molar-refractivity contribution is 0.0893. The number of hydrogen-bond acceptors (Lipinski definition) is 4. The molecular formula is C32H36N2O2. The molecule has 0 bridgehead atoms. The van der Waals surface area contributed by atoms with Crippen LogP contribution in [0, 0.1) is 0 Å². The second-order valence-corrected chi connectivity index (χ2v) is 10.3. The van der Waals surface area contributed by atoms with Crippen LogP contribution in [0.5, 0.6) is 5.75 Å². The van der Waals surface area contributed by atoms with Crippen LogP contribution in [-0.2, 0) is 13.2 Å². The zero-order valence-electron chi connectivity index (χ0n) is 21.1. The molecule has 2 saturated heterocycles. The lowest BCUT2D eigenvalue weighted by atomic mass is 9.99. The minimum Gasteiger partial charge on any atom is -0.489 e. The number of likely N-dealkylation sites (tertiary alicyclic amines) is 2. The van der Waals surface area contributed by atoms with E-state index in [9.17, 15) is 0 Å². The molecule has 2 fully saturated rings. The van der Waals surface area contributed by atoms with Gasteiger partial charge in [0.1, 0.15) is 23.7 Å². The van der Waals surface area contributed by atoms with Gasteiger partial charge in [-0.2, -0.15) is 0 Å². The van der Waals surface area contributed by atoms with Crippen molar-refractivity contribution in [3.8, 4) is 17.1 Å². The van der Waals surface area contributed by atoms with Gasteiger partial charge in [-0.1, -0.05) is 67.1 Å². The number of furan rings is 1. The van der Waals surface area contributed by atoms with Crippen LogP contribution < -0.4 is 4.74 Å². The van der Waals surface area contributed by atoms with Gasteiger partial charge in [-0.3, -0.25) is 4.90 Å². The first-order valence-corrected chi connectivity index (χ1v) is 13.6. The Morgan fingerprint density at radius 3 is 2.25 bits per heavy atom. The van der Waals surface area contributed by atoms with Gasteiger partial charge in [-0.15, -0.1) is 0 Å². The van der Waals surface area contributed by atoms with Crippen LogP contribution in [0.3, 0.4) is 0 Å². The van der Waals surface area contributed by atoms with Crippen molar-refractivity contribution < 1.29 is 9.15 Å². The standard InChI is InChI=1S/C32H36N2O2/c1-4-10-25(11-5-1)24-35-30-14-15-31-28(22-32(36-31)26-12-6-2-7-13-26)29(30)23-33-20-16-27(17-21-33)34-18-8-3-9-19-34/h1-2,4-7,10-15,22,27H,3,8-9,16-21,23-24H2. The Morgan fingerprint density at radius 1 is 0.778 bits per heavy atom. The second-order valence-electron chi connectivity index (χ2n) is 10.3. The molecule has 4 nitrogen and oxygen atoms in total. The molecule has 0 atom stereocenters. The summed E-state index contributed by atoms with van der Waals surface area (Å²) in [6, 6.07) is 27.9. The van der Waals surface area contributed by atoms with Crippen molar-refractivity contribution >= 4 is 11.0 Å². The quantitative estimate of drug-likeness (QED) is 0.281. The molecular weight excluding hydrogens is 444 g/mol. The number of hydrogen-bond donors (Lipinski definition) is 0. The molecule has 2 aliphatic rings. The fourth-order valence-electron chi connectivity index (χ4n) is 5.88. The third-order valence-electron chi connectivity index (χ3n) is 7.91. The van der Waals surface area contributed by atoms with Crippen LogP contribution >= 0.6 is 0 Å². The number of ether oxygens (including phenoxy) is 1. The van der Waals surface area contributed by atoms with E-state index < -0.39 is 0 Å². The first kappa shape index (κ1) is 23.3. The summed E-state index contributed by atoms with van der Waals surface area (Å²) < 4.78 is 12.7. The van der Waals surface area contributed by atoms with Crippen LogP contribution in [0.15, 0.2) is 83.3 Å². The summed E-state index contributed by atoms with van der Waals surface area (Å²) in [5.74, 6) is 1.88. The molecule has 4 heteroatoms. The molecule has 1 aromatic heterocycles. The molecule has 0 aliphatic carbocycles. The maximum absolute atomic E-state index is 6.43. The molecule has 6 rings (SSSR count).